The van der Waals surface area contributed by atoms with Crippen LogP contribution >= 0.6 is 0 Å². The molecule has 0 aromatic rings. The van der Waals surface area contributed by atoms with E-state index in [0.717, 1.165) is 32.1 Å². The topological polar surface area (TPSA) is 46.2 Å². The zero-order chi connectivity index (χ0) is 19.1. The Kier molecular flexibility index (Phi) is 9.04. The first kappa shape index (κ1) is 21.8. The molecule has 152 valence electrons. The van der Waals surface area contributed by atoms with Gasteiger partial charge in [0, 0.05) is 41.5 Å². The van der Waals surface area contributed by atoms with Crippen LogP contribution in [0.15, 0.2) is 12.2 Å². The average molecular weight is 371 g/mol. The monoisotopic (exact) mass is 370 g/mol. The molecular formula is C21H38O5. The van der Waals surface area contributed by atoms with Gasteiger partial charge in [-0.3, -0.25) is 0 Å². The number of hydrogen-bond donors (Lipinski definition) is 0. The Labute approximate surface area is 159 Å². The molecule has 26 heavy (non-hydrogen) atoms. The molecule has 5 nitrogen and oxygen atoms in total. The Balaban J connectivity index is 2.01. The quantitative estimate of drug-likeness (QED) is 0.612. The van der Waals surface area contributed by atoms with E-state index in [1.165, 1.54) is 0 Å². The molecule has 0 aromatic carbocycles. The van der Waals surface area contributed by atoms with Crippen molar-refractivity contribution in [1.82, 2.24) is 0 Å². The summed E-state index contributed by atoms with van der Waals surface area (Å²) >= 11 is 0. The van der Waals surface area contributed by atoms with Crippen LogP contribution in [0.4, 0.5) is 0 Å². The maximum absolute atomic E-state index is 5.78. The second kappa shape index (κ2) is 10.8. The van der Waals surface area contributed by atoms with E-state index in [9.17, 15) is 0 Å². The normalized spacial score (nSPS) is 41.6. The van der Waals surface area contributed by atoms with Crippen LogP contribution in [0.2, 0.25) is 0 Å². The van der Waals surface area contributed by atoms with E-state index < -0.39 is 0 Å². The molecule has 0 heterocycles. The van der Waals surface area contributed by atoms with Crippen molar-refractivity contribution in [2.45, 2.75) is 69.5 Å². The average Bonchev–Trinajstić information content (AvgIpc) is 2.70. The first-order valence-corrected chi connectivity index (χ1v) is 9.93. The third-order valence-corrected chi connectivity index (χ3v) is 6.44. The van der Waals surface area contributed by atoms with E-state index in [0.29, 0.717) is 17.8 Å². The molecule has 2 saturated carbocycles. The van der Waals surface area contributed by atoms with Crippen LogP contribution in [0.1, 0.15) is 39.0 Å². The summed E-state index contributed by atoms with van der Waals surface area (Å²) in [5.41, 5.74) is 0. The molecule has 2 fully saturated rings. The van der Waals surface area contributed by atoms with E-state index in [2.05, 4.69) is 19.1 Å². The zero-order valence-electron chi connectivity index (χ0n) is 17.4. The first-order chi connectivity index (χ1) is 12.6. The van der Waals surface area contributed by atoms with Crippen LogP contribution < -0.4 is 0 Å². The summed E-state index contributed by atoms with van der Waals surface area (Å²) in [6.07, 6.45) is 10.6. The lowest BCUT2D eigenvalue weighted by atomic mass is 9.75. The Bertz CT molecular complexity index is 361. The van der Waals surface area contributed by atoms with Gasteiger partial charge in [-0.15, -0.1) is 0 Å². The highest BCUT2D eigenvalue weighted by atomic mass is 16.6. The summed E-state index contributed by atoms with van der Waals surface area (Å²) in [5.74, 6) is 1.43. The van der Waals surface area contributed by atoms with Crippen molar-refractivity contribution in [2.24, 2.45) is 17.8 Å². The third-order valence-electron chi connectivity index (χ3n) is 6.44. The molecule has 0 radical (unpaired) electrons. The largest absolute Gasteiger partial charge is 0.381 e. The molecule has 0 amide bonds. The summed E-state index contributed by atoms with van der Waals surface area (Å²) in [6.45, 7) is 2.23. The summed E-state index contributed by atoms with van der Waals surface area (Å²) < 4.78 is 28.5. The zero-order valence-corrected chi connectivity index (χ0v) is 17.4. The van der Waals surface area contributed by atoms with Gasteiger partial charge in [-0.25, -0.2) is 0 Å². The molecule has 4 atom stereocenters. The van der Waals surface area contributed by atoms with Gasteiger partial charge in [0.15, 0.2) is 0 Å². The minimum absolute atomic E-state index is 0.00499. The number of ether oxygens (including phenoxy) is 5. The molecule has 0 bridgehead atoms. The van der Waals surface area contributed by atoms with Crippen molar-refractivity contribution in [3.8, 4) is 0 Å². The minimum Gasteiger partial charge on any atom is -0.381 e. The second-order valence-corrected chi connectivity index (χ2v) is 7.72. The number of rotatable bonds is 8. The summed E-state index contributed by atoms with van der Waals surface area (Å²) in [4.78, 5) is 0. The Morgan fingerprint density at radius 3 is 1.31 bits per heavy atom. The lowest BCUT2D eigenvalue weighted by Crippen LogP contribution is -2.47. The Hall–Kier alpha value is -0.460. The van der Waals surface area contributed by atoms with Gasteiger partial charge in [0.05, 0.1) is 24.4 Å². The van der Waals surface area contributed by atoms with Gasteiger partial charge < -0.3 is 23.7 Å². The number of hydrogen-bond acceptors (Lipinski definition) is 5. The van der Waals surface area contributed by atoms with Crippen molar-refractivity contribution in [3.05, 3.63) is 12.2 Å². The number of allylic oxidation sites excluding steroid dienone is 2. The van der Waals surface area contributed by atoms with E-state index in [4.69, 9.17) is 23.7 Å². The summed E-state index contributed by atoms with van der Waals surface area (Å²) in [5, 5.41) is 0. The summed E-state index contributed by atoms with van der Waals surface area (Å²) in [7, 11) is 8.90. The molecule has 2 aliphatic carbocycles. The van der Waals surface area contributed by atoms with Crippen molar-refractivity contribution >= 4 is 0 Å². The number of methoxy groups -OCH3 is 5. The fraction of sp³-hybridized carbons (Fsp3) is 0.905. The van der Waals surface area contributed by atoms with Crippen molar-refractivity contribution in [3.63, 3.8) is 0 Å². The molecule has 0 saturated heterocycles. The Morgan fingerprint density at radius 1 is 0.615 bits per heavy atom. The third kappa shape index (κ3) is 5.08. The predicted molar refractivity (Wildman–Crippen MR) is 102 cm³/mol. The molecule has 2 rings (SSSR count). The highest BCUT2D eigenvalue weighted by Gasteiger charge is 2.39. The van der Waals surface area contributed by atoms with Gasteiger partial charge in [-0.05, 0) is 43.9 Å². The maximum atomic E-state index is 5.78. The van der Waals surface area contributed by atoms with Gasteiger partial charge in [-0.1, -0.05) is 19.1 Å². The molecule has 0 aromatic heterocycles. The van der Waals surface area contributed by atoms with Gasteiger partial charge >= 0.3 is 0 Å². The molecule has 5 heteroatoms. The molecule has 0 N–H and O–H groups in total. The van der Waals surface area contributed by atoms with Crippen LogP contribution in [-0.4, -0.2) is 66.1 Å². The SMILES string of the molecule is CCC1C(OC)CC(C=CC2CC(OC)C(OC)C(OC)C2)CC1OC. The molecule has 4 unspecified atom stereocenters. The maximum Gasteiger partial charge on any atom is 0.109 e. The van der Waals surface area contributed by atoms with Crippen molar-refractivity contribution in [2.75, 3.05) is 35.5 Å². The minimum atomic E-state index is 0.00499. The molecule has 0 spiro atoms. The summed E-state index contributed by atoms with van der Waals surface area (Å²) in [6, 6.07) is 0. The Morgan fingerprint density at radius 2 is 1.00 bits per heavy atom. The fourth-order valence-electron chi connectivity index (χ4n) is 4.94. The second-order valence-electron chi connectivity index (χ2n) is 7.72. The van der Waals surface area contributed by atoms with Crippen molar-refractivity contribution < 1.29 is 23.7 Å². The molecule has 0 aliphatic heterocycles. The van der Waals surface area contributed by atoms with Gasteiger partial charge in [0.25, 0.3) is 0 Å². The van der Waals surface area contributed by atoms with Crippen LogP contribution in [0.5, 0.6) is 0 Å². The van der Waals surface area contributed by atoms with Crippen LogP contribution in [-0.2, 0) is 23.7 Å². The molecule has 2 aliphatic rings. The van der Waals surface area contributed by atoms with Crippen molar-refractivity contribution in [1.29, 1.82) is 0 Å². The van der Waals surface area contributed by atoms with Gasteiger partial charge in [0.1, 0.15) is 6.10 Å². The lowest BCUT2D eigenvalue weighted by molar-refractivity contribution is -0.136. The van der Waals surface area contributed by atoms with E-state index in [1.54, 1.807) is 21.3 Å². The highest BCUT2D eigenvalue weighted by molar-refractivity contribution is 5.02. The van der Waals surface area contributed by atoms with E-state index in [-0.39, 0.29) is 30.5 Å². The first-order valence-electron chi connectivity index (χ1n) is 9.93. The smallest absolute Gasteiger partial charge is 0.109 e. The van der Waals surface area contributed by atoms with Crippen LogP contribution in [0, 0.1) is 17.8 Å². The highest BCUT2D eigenvalue weighted by Crippen LogP contribution is 2.37. The van der Waals surface area contributed by atoms with E-state index in [1.807, 2.05) is 14.2 Å². The van der Waals surface area contributed by atoms with Crippen LogP contribution in [0.25, 0.3) is 0 Å². The predicted octanol–water partition coefficient (Wildman–Crippen LogP) is 3.46. The fourth-order valence-corrected chi connectivity index (χ4v) is 4.94. The van der Waals surface area contributed by atoms with Crippen LogP contribution in [0.3, 0.4) is 0 Å². The van der Waals surface area contributed by atoms with Gasteiger partial charge in [0.2, 0.25) is 0 Å². The van der Waals surface area contributed by atoms with E-state index >= 15 is 0 Å². The van der Waals surface area contributed by atoms with Gasteiger partial charge in [-0.2, -0.15) is 0 Å². The molecular weight excluding hydrogens is 332 g/mol. The standard InChI is InChI=1S/C21H38O5/c1-7-16-17(22-2)10-14(11-18(16)23-3)8-9-15-12-19(24-4)21(26-6)20(13-15)25-5/h8-9,14-21H,7,10-13H2,1-6H3. The lowest BCUT2D eigenvalue weighted by Gasteiger charge is -2.40.